The average Bonchev–Trinajstić information content (AvgIpc) is 2.86. The topological polar surface area (TPSA) is 60.7 Å². The highest BCUT2D eigenvalue weighted by Gasteiger charge is 2.22. The molecule has 4 heteroatoms. The number of benzene rings is 1. The van der Waals surface area contributed by atoms with Crippen molar-refractivity contribution in [1.29, 1.82) is 0 Å². The lowest BCUT2D eigenvalue weighted by atomic mass is 9.84. The fourth-order valence-corrected chi connectivity index (χ4v) is 3.58. The zero-order chi connectivity index (χ0) is 14.8. The zero-order valence-corrected chi connectivity index (χ0v) is 12.9. The molecule has 3 rings (SSSR count). The van der Waals surface area contributed by atoms with E-state index in [1.165, 1.54) is 37.7 Å². The van der Waals surface area contributed by atoms with Gasteiger partial charge in [0.15, 0.2) is 0 Å². The minimum absolute atomic E-state index is 0.138. The third-order valence-corrected chi connectivity index (χ3v) is 4.89. The molecular formula is C17H25N3O. The van der Waals surface area contributed by atoms with E-state index in [-0.39, 0.29) is 5.69 Å². The Morgan fingerprint density at radius 2 is 2.10 bits per heavy atom. The van der Waals surface area contributed by atoms with E-state index in [2.05, 4.69) is 41.3 Å². The van der Waals surface area contributed by atoms with Crippen molar-refractivity contribution in [3.63, 3.8) is 0 Å². The molecule has 0 radical (unpaired) electrons. The van der Waals surface area contributed by atoms with Crippen LogP contribution in [-0.2, 0) is 0 Å². The minimum atomic E-state index is -0.138. The number of H-pyrrole nitrogens is 2. The molecule has 0 aliphatic heterocycles. The number of fused-ring (bicyclic) bond motifs is 1. The molecule has 1 heterocycles. The van der Waals surface area contributed by atoms with Crippen LogP contribution in [0.4, 0.5) is 0 Å². The first-order chi connectivity index (χ1) is 10.2. The quantitative estimate of drug-likeness (QED) is 0.806. The van der Waals surface area contributed by atoms with Crippen LogP contribution in [0.25, 0.3) is 11.0 Å². The Morgan fingerprint density at radius 3 is 2.90 bits per heavy atom. The van der Waals surface area contributed by atoms with Gasteiger partial charge in [0.25, 0.3) is 0 Å². The van der Waals surface area contributed by atoms with Gasteiger partial charge in [-0.3, -0.25) is 0 Å². The molecular weight excluding hydrogens is 262 g/mol. The van der Waals surface area contributed by atoms with Gasteiger partial charge < -0.3 is 15.3 Å². The molecule has 1 aromatic carbocycles. The maximum atomic E-state index is 11.3. The molecule has 21 heavy (non-hydrogen) atoms. The van der Waals surface area contributed by atoms with E-state index in [4.69, 9.17) is 0 Å². The summed E-state index contributed by atoms with van der Waals surface area (Å²) in [6.07, 6.45) is 6.60. The third-order valence-electron chi connectivity index (χ3n) is 4.89. The summed E-state index contributed by atoms with van der Waals surface area (Å²) in [7, 11) is 0. The van der Waals surface area contributed by atoms with Crippen molar-refractivity contribution >= 4 is 11.0 Å². The number of aromatic amines is 2. The zero-order valence-electron chi connectivity index (χ0n) is 12.9. The first kappa shape index (κ1) is 14.4. The molecule has 3 unspecified atom stereocenters. The van der Waals surface area contributed by atoms with Crippen molar-refractivity contribution in [2.24, 2.45) is 5.92 Å². The summed E-state index contributed by atoms with van der Waals surface area (Å²) in [5.74, 6) is 0.881. The lowest BCUT2D eigenvalue weighted by Gasteiger charge is -2.31. The van der Waals surface area contributed by atoms with Crippen LogP contribution in [0.5, 0.6) is 0 Å². The third kappa shape index (κ3) is 3.21. The van der Waals surface area contributed by atoms with Gasteiger partial charge in [0.2, 0.25) is 0 Å². The molecule has 0 saturated heterocycles. The highest BCUT2D eigenvalue weighted by atomic mass is 16.1. The van der Waals surface area contributed by atoms with E-state index >= 15 is 0 Å². The normalized spacial score (nSPS) is 24.3. The predicted octanol–water partition coefficient (Wildman–Crippen LogP) is 3.48. The summed E-state index contributed by atoms with van der Waals surface area (Å²) in [4.78, 5) is 17.0. The van der Waals surface area contributed by atoms with Crippen molar-refractivity contribution in [1.82, 2.24) is 15.3 Å². The fraction of sp³-hybridized carbons (Fsp3) is 0.588. The number of nitrogens with one attached hydrogen (secondary N) is 3. The molecule has 1 fully saturated rings. The van der Waals surface area contributed by atoms with Gasteiger partial charge in [-0.2, -0.15) is 0 Å². The molecule has 1 aromatic heterocycles. The van der Waals surface area contributed by atoms with Crippen LogP contribution in [0, 0.1) is 5.92 Å². The highest BCUT2D eigenvalue weighted by Crippen LogP contribution is 2.28. The van der Waals surface area contributed by atoms with Gasteiger partial charge in [-0.1, -0.05) is 32.3 Å². The Morgan fingerprint density at radius 1 is 1.29 bits per heavy atom. The second-order valence-electron chi connectivity index (χ2n) is 6.41. The van der Waals surface area contributed by atoms with E-state index in [0.29, 0.717) is 12.1 Å². The van der Waals surface area contributed by atoms with Crippen molar-refractivity contribution in [2.45, 2.75) is 58.0 Å². The van der Waals surface area contributed by atoms with E-state index in [9.17, 15) is 4.79 Å². The smallest absolute Gasteiger partial charge is 0.307 e. The van der Waals surface area contributed by atoms with E-state index in [0.717, 1.165) is 17.0 Å². The predicted molar refractivity (Wildman–Crippen MR) is 86.5 cm³/mol. The molecule has 0 spiro atoms. The van der Waals surface area contributed by atoms with Crippen LogP contribution >= 0.6 is 0 Å². The molecule has 4 nitrogen and oxygen atoms in total. The van der Waals surface area contributed by atoms with Gasteiger partial charge in [-0.25, -0.2) is 4.79 Å². The second kappa shape index (κ2) is 6.06. The van der Waals surface area contributed by atoms with Crippen molar-refractivity contribution < 1.29 is 0 Å². The van der Waals surface area contributed by atoms with Gasteiger partial charge in [0.05, 0.1) is 11.0 Å². The van der Waals surface area contributed by atoms with E-state index < -0.39 is 0 Å². The second-order valence-corrected chi connectivity index (χ2v) is 6.41. The molecule has 3 atom stereocenters. The highest BCUT2D eigenvalue weighted by molar-refractivity contribution is 5.75. The van der Waals surface area contributed by atoms with Crippen LogP contribution in [-0.4, -0.2) is 16.0 Å². The SMILES string of the molecule is CCC1CCCC(NC(C)c2ccc3[nH]c(=O)[nH]c3c2)C1. The van der Waals surface area contributed by atoms with Crippen LogP contribution in [0.2, 0.25) is 0 Å². The molecule has 1 saturated carbocycles. The Kier molecular flexibility index (Phi) is 4.15. The summed E-state index contributed by atoms with van der Waals surface area (Å²) < 4.78 is 0. The number of rotatable bonds is 4. The van der Waals surface area contributed by atoms with Gasteiger partial charge in [0, 0.05) is 12.1 Å². The monoisotopic (exact) mass is 287 g/mol. The standard InChI is InChI=1S/C17H25N3O/c1-3-12-5-4-6-14(9-12)18-11(2)13-7-8-15-16(10-13)20-17(21)19-15/h7-8,10-12,14,18H,3-6,9H2,1-2H3,(H2,19,20,21). The minimum Gasteiger partial charge on any atom is -0.307 e. The lowest BCUT2D eigenvalue weighted by molar-refractivity contribution is 0.266. The molecule has 114 valence electrons. The number of hydrogen-bond acceptors (Lipinski definition) is 2. The fourth-order valence-electron chi connectivity index (χ4n) is 3.58. The summed E-state index contributed by atoms with van der Waals surface area (Å²) in [5.41, 5.74) is 2.86. The Balaban J connectivity index is 1.71. The molecule has 1 aliphatic rings. The maximum Gasteiger partial charge on any atom is 0.323 e. The number of imidazole rings is 1. The largest absolute Gasteiger partial charge is 0.323 e. The Bertz CT molecular complexity index is 657. The molecule has 0 amide bonds. The number of hydrogen-bond donors (Lipinski definition) is 3. The maximum absolute atomic E-state index is 11.3. The van der Waals surface area contributed by atoms with E-state index in [1.807, 2.05) is 6.07 Å². The van der Waals surface area contributed by atoms with Gasteiger partial charge in [0.1, 0.15) is 0 Å². The average molecular weight is 287 g/mol. The van der Waals surface area contributed by atoms with Crippen molar-refractivity contribution in [2.75, 3.05) is 0 Å². The van der Waals surface area contributed by atoms with Crippen LogP contribution in [0.3, 0.4) is 0 Å². The Labute approximate surface area is 125 Å². The molecule has 2 aromatic rings. The first-order valence-corrected chi connectivity index (χ1v) is 8.13. The number of aromatic nitrogens is 2. The Hall–Kier alpha value is -1.55. The molecule has 3 N–H and O–H groups in total. The summed E-state index contributed by atoms with van der Waals surface area (Å²) in [6.45, 7) is 4.51. The van der Waals surface area contributed by atoms with Gasteiger partial charge >= 0.3 is 5.69 Å². The van der Waals surface area contributed by atoms with E-state index in [1.54, 1.807) is 0 Å². The van der Waals surface area contributed by atoms with Crippen molar-refractivity contribution in [3.8, 4) is 0 Å². The summed E-state index contributed by atoms with van der Waals surface area (Å²) >= 11 is 0. The van der Waals surface area contributed by atoms with Gasteiger partial charge in [-0.15, -0.1) is 0 Å². The van der Waals surface area contributed by atoms with Crippen LogP contribution in [0.1, 0.15) is 57.6 Å². The summed E-state index contributed by atoms with van der Waals surface area (Å²) in [5, 5.41) is 3.77. The first-order valence-electron chi connectivity index (χ1n) is 8.13. The lowest BCUT2D eigenvalue weighted by Crippen LogP contribution is -2.35. The summed E-state index contributed by atoms with van der Waals surface area (Å²) in [6, 6.07) is 7.10. The molecule has 0 bridgehead atoms. The van der Waals surface area contributed by atoms with Crippen LogP contribution < -0.4 is 11.0 Å². The van der Waals surface area contributed by atoms with Crippen LogP contribution in [0.15, 0.2) is 23.0 Å². The molecule has 1 aliphatic carbocycles. The van der Waals surface area contributed by atoms with Crippen molar-refractivity contribution in [3.05, 3.63) is 34.2 Å². The van der Waals surface area contributed by atoms with Gasteiger partial charge in [-0.05, 0) is 43.4 Å².